The minimum atomic E-state index is -0.513. The number of benzene rings is 4. The van der Waals surface area contributed by atoms with Gasteiger partial charge < -0.3 is 20.1 Å². The van der Waals surface area contributed by atoms with E-state index in [-0.39, 0.29) is 36.4 Å². The lowest BCUT2D eigenvalue weighted by atomic mass is 10.0. The van der Waals surface area contributed by atoms with Crippen molar-refractivity contribution in [1.82, 2.24) is 0 Å². The Morgan fingerprint density at radius 3 is 1.22 bits per heavy atom. The summed E-state index contributed by atoms with van der Waals surface area (Å²) in [5, 5.41) is 26.9. The molecule has 4 aromatic rings. The van der Waals surface area contributed by atoms with Gasteiger partial charge in [0.15, 0.2) is 13.2 Å². The summed E-state index contributed by atoms with van der Waals surface area (Å²) in [6.45, 7) is -0.489. The zero-order chi connectivity index (χ0) is 29.2. The first-order valence-corrected chi connectivity index (χ1v) is 12.3. The van der Waals surface area contributed by atoms with Crippen molar-refractivity contribution in [3.05, 3.63) is 128 Å². The third-order valence-electron chi connectivity index (χ3n) is 5.72. The van der Waals surface area contributed by atoms with Gasteiger partial charge in [-0.1, -0.05) is 24.3 Å². The quantitative estimate of drug-likeness (QED) is 0.179. The Kier molecular flexibility index (Phi) is 9.18. The number of rotatable bonds is 12. The molecule has 41 heavy (non-hydrogen) atoms. The van der Waals surface area contributed by atoms with Crippen molar-refractivity contribution >= 4 is 34.6 Å². The Morgan fingerprint density at radius 2 is 0.902 bits per heavy atom. The third kappa shape index (κ3) is 8.61. The summed E-state index contributed by atoms with van der Waals surface area (Å²) in [5.41, 5.74) is 3.10. The number of nitro groups is 2. The van der Waals surface area contributed by atoms with Crippen LogP contribution in [-0.2, 0) is 16.0 Å². The highest BCUT2D eigenvalue weighted by atomic mass is 16.6. The smallest absolute Gasteiger partial charge is 0.269 e. The number of nitrogens with one attached hydrogen (secondary N) is 2. The molecule has 0 aliphatic rings. The van der Waals surface area contributed by atoms with Gasteiger partial charge in [-0.3, -0.25) is 29.8 Å². The Bertz CT molecular complexity index is 1400. The minimum absolute atomic E-state index is 0.0616. The average Bonchev–Trinajstić information content (AvgIpc) is 2.97. The third-order valence-corrected chi connectivity index (χ3v) is 5.72. The van der Waals surface area contributed by atoms with Crippen molar-refractivity contribution in [2.75, 3.05) is 23.8 Å². The van der Waals surface area contributed by atoms with Gasteiger partial charge in [0.2, 0.25) is 0 Å². The summed E-state index contributed by atoms with van der Waals surface area (Å²) in [5.74, 6) is -0.0386. The molecule has 0 aliphatic carbocycles. The summed E-state index contributed by atoms with van der Waals surface area (Å²) < 4.78 is 10.7. The topological polar surface area (TPSA) is 163 Å². The maximum Gasteiger partial charge on any atom is 0.269 e. The van der Waals surface area contributed by atoms with Crippen LogP contribution >= 0.6 is 0 Å². The van der Waals surface area contributed by atoms with Crippen LogP contribution in [0.1, 0.15) is 11.1 Å². The summed E-state index contributed by atoms with van der Waals surface area (Å²) in [4.78, 5) is 44.8. The van der Waals surface area contributed by atoms with Crippen LogP contribution in [0, 0.1) is 20.2 Å². The molecule has 0 aromatic heterocycles. The minimum Gasteiger partial charge on any atom is -0.484 e. The zero-order valence-corrected chi connectivity index (χ0v) is 21.5. The van der Waals surface area contributed by atoms with Crippen LogP contribution in [0.25, 0.3) is 0 Å². The van der Waals surface area contributed by atoms with Gasteiger partial charge in [-0.05, 0) is 66.1 Å². The van der Waals surface area contributed by atoms with Crippen LogP contribution in [0.3, 0.4) is 0 Å². The number of nitrogens with zero attached hydrogens (tertiary/aromatic N) is 2. The first kappa shape index (κ1) is 28.2. The highest BCUT2D eigenvalue weighted by Gasteiger charge is 2.09. The average molecular weight is 557 g/mol. The first-order chi connectivity index (χ1) is 19.7. The van der Waals surface area contributed by atoms with Gasteiger partial charge in [-0.25, -0.2) is 0 Å². The van der Waals surface area contributed by atoms with Gasteiger partial charge in [0.25, 0.3) is 23.2 Å². The number of ether oxygens (including phenoxy) is 2. The maximum absolute atomic E-state index is 12.2. The summed E-state index contributed by atoms with van der Waals surface area (Å²) in [6, 6.07) is 25.6. The highest BCUT2D eigenvalue weighted by molar-refractivity contribution is 5.92. The fourth-order valence-electron chi connectivity index (χ4n) is 3.67. The van der Waals surface area contributed by atoms with E-state index in [9.17, 15) is 29.8 Å². The van der Waals surface area contributed by atoms with Crippen LogP contribution in [0.2, 0.25) is 0 Å². The molecule has 2 amide bonds. The van der Waals surface area contributed by atoms with Crippen molar-refractivity contribution in [2.24, 2.45) is 0 Å². The summed E-state index contributed by atoms with van der Waals surface area (Å²) in [6.07, 6.45) is 0.634. The molecule has 0 radical (unpaired) electrons. The second-order valence-electron chi connectivity index (χ2n) is 8.75. The Morgan fingerprint density at radius 1 is 0.561 bits per heavy atom. The van der Waals surface area contributed by atoms with Gasteiger partial charge in [0, 0.05) is 35.6 Å². The molecule has 0 bridgehead atoms. The summed E-state index contributed by atoms with van der Waals surface area (Å²) in [7, 11) is 0. The molecule has 0 heterocycles. The van der Waals surface area contributed by atoms with Gasteiger partial charge in [-0.15, -0.1) is 0 Å². The fraction of sp³-hybridized carbons (Fsp3) is 0.103. The molecule has 4 aromatic carbocycles. The molecule has 0 aliphatic heterocycles. The van der Waals surface area contributed by atoms with E-state index in [1.54, 1.807) is 24.3 Å². The van der Waals surface area contributed by atoms with Crippen molar-refractivity contribution in [2.45, 2.75) is 6.42 Å². The van der Waals surface area contributed by atoms with Crippen LogP contribution in [-0.4, -0.2) is 34.9 Å². The molecule has 12 nitrogen and oxygen atoms in total. The Hall–Kier alpha value is -5.78. The van der Waals surface area contributed by atoms with E-state index in [4.69, 9.17) is 9.47 Å². The van der Waals surface area contributed by atoms with Crippen molar-refractivity contribution in [3.8, 4) is 11.5 Å². The molecule has 12 heteroatoms. The SMILES string of the molecule is O=C(COc1ccc([N+](=O)[O-])cc1)Nc1ccc(Cc2ccc(NC(=O)COc3ccc([N+](=O)[O-])cc3)cc2)cc1. The van der Waals surface area contributed by atoms with E-state index in [1.165, 1.54) is 48.5 Å². The molecule has 0 atom stereocenters. The van der Waals surface area contributed by atoms with Crippen molar-refractivity contribution in [3.63, 3.8) is 0 Å². The molecule has 0 fully saturated rings. The highest BCUT2D eigenvalue weighted by Crippen LogP contribution is 2.19. The van der Waals surface area contributed by atoms with Crippen LogP contribution < -0.4 is 20.1 Å². The second kappa shape index (κ2) is 13.3. The number of hydrogen-bond acceptors (Lipinski definition) is 8. The van der Waals surface area contributed by atoms with Crippen LogP contribution in [0.4, 0.5) is 22.7 Å². The van der Waals surface area contributed by atoms with E-state index >= 15 is 0 Å². The molecule has 0 saturated carbocycles. The van der Waals surface area contributed by atoms with E-state index in [1.807, 2.05) is 24.3 Å². The molecule has 0 spiro atoms. The van der Waals surface area contributed by atoms with Crippen molar-refractivity contribution < 1.29 is 28.9 Å². The standard InChI is InChI=1S/C29H24N4O8/c34-28(18-40-26-13-9-24(10-14-26)32(36)37)30-22-5-1-20(2-6-22)17-21-3-7-23(8-4-21)31-29(35)19-41-27-15-11-25(12-16-27)33(38)39/h1-16H,17-19H2,(H,30,34)(H,31,35). The van der Waals surface area contributed by atoms with Crippen molar-refractivity contribution in [1.29, 1.82) is 0 Å². The van der Waals surface area contributed by atoms with Crippen LogP contribution in [0.15, 0.2) is 97.1 Å². The number of carbonyl (C=O) groups is 2. The normalized spacial score (nSPS) is 10.3. The molecule has 0 saturated heterocycles. The molecule has 2 N–H and O–H groups in total. The number of hydrogen-bond donors (Lipinski definition) is 2. The lowest BCUT2D eigenvalue weighted by molar-refractivity contribution is -0.385. The van der Waals surface area contributed by atoms with Gasteiger partial charge in [0.05, 0.1) is 9.85 Å². The lowest BCUT2D eigenvalue weighted by Crippen LogP contribution is -2.20. The second-order valence-corrected chi connectivity index (χ2v) is 8.75. The molecular formula is C29H24N4O8. The molecule has 0 unspecified atom stereocenters. The predicted octanol–water partition coefficient (Wildman–Crippen LogP) is 5.13. The maximum atomic E-state index is 12.2. The largest absolute Gasteiger partial charge is 0.484 e. The number of amides is 2. The first-order valence-electron chi connectivity index (χ1n) is 12.3. The number of carbonyl (C=O) groups excluding carboxylic acids is 2. The molecule has 208 valence electrons. The van der Waals surface area contributed by atoms with Gasteiger partial charge in [0.1, 0.15) is 11.5 Å². The Balaban J connectivity index is 1.20. The van der Waals surface area contributed by atoms with E-state index in [0.29, 0.717) is 29.3 Å². The van der Waals surface area contributed by atoms with E-state index < -0.39 is 9.85 Å². The summed E-state index contributed by atoms with van der Waals surface area (Å²) >= 11 is 0. The number of nitro benzene ring substituents is 2. The fourth-order valence-corrected chi connectivity index (χ4v) is 3.67. The number of anilines is 2. The van der Waals surface area contributed by atoms with E-state index in [0.717, 1.165) is 11.1 Å². The molecular weight excluding hydrogens is 532 g/mol. The molecule has 4 rings (SSSR count). The number of non-ortho nitro benzene ring substituents is 2. The van der Waals surface area contributed by atoms with Crippen LogP contribution in [0.5, 0.6) is 11.5 Å². The monoisotopic (exact) mass is 556 g/mol. The zero-order valence-electron chi connectivity index (χ0n) is 21.5. The predicted molar refractivity (Wildman–Crippen MR) is 150 cm³/mol. The Labute approximate surface area is 233 Å². The lowest BCUT2D eigenvalue weighted by Gasteiger charge is -2.09. The van der Waals surface area contributed by atoms with Gasteiger partial charge >= 0.3 is 0 Å². The van der Waals surface area contributed by atoms with E-state index in [2.05, 4.69) is 10.6 Å². The van der Waals surface area contributed by atoms with Gasteiger partial charge in [-0.2, -0.15) is 0 Å².